The van der Waals surface area contributed by atoms with Crippen LogP contribution < -0.4 is 22.1 Å². The number of nitrogen functional groups attached to an aromatic ring is 1. The Bertz CT molecular complexity index is 474. The van der Waals surface area contributed by atoms with Gasteiger partial charge in [-0.2, -0.15) is 0 Å². The highest BCUT2D eigenvalue weighted by atomic mass is 16.2. The zero-order valence-electron chi connectivity index (χ0n) is 11.2. The van der Waals surface area contributed by atoms with Crippen molar-refractivity contribution in [3.63, 3.8) is 0 Å². The zero-order valence-corrected chi connectivity index (χ0v) is 11.2. The third-order valence-corrected chi connectivity index (χ3v) is 2.56. The van der Waals surface area contributed by atoms with Crippen LogP contribution in [-0.4, -0.2) is 24.4 Å². The maximum Gasteiger partial charge on any atom is 0.251 e. The molecule has 0 aliphatic carbocycles. The fraction of sp³-hybridized carbons (Fsp3) is 0.385. The van der Waals surface area contributed by atoms with Crippen LogP contribution in [0.25, 0.3) is 0 Å². The molecule has 1 atom stereocenters. The molecule has 0 heterocycles. The molecule has 6 N–H and O–H groups in total. The number of nitrogens with one attached hydrogen (secondary N) is 2. The molecule has 0 saturated heterocycles. The van der Waals surface area contributed by atoms with Crippen LogP contribution in [0.5, 0.6) is 0 Å². The van der Waals surface area contributed by atoms with Gasteiger partial charge in [-0.3, -0.25) is 9.59 Å². The van der Waals surface area contributed by atoms with Gasteiger partial charge < -0.3 is 22.1 Å². The number of hydrogen-bond donors (Lipinski definition) is 4. The molecule has 0 aliphatic heterocycles. The van der Waals surface area contributed by atoms with Gasteiger partial charge in [0.1, 0.15) is 0 Å². The Morgan fingerprint density at radius 1 is 1.37 bits per heavy atom. The van der Waals surface area contributed by atoms with Gasteiger partial charge in [0.05, 0.1) is 11.4 Å². The molecule has 0 fully saturated rings. The molecule has 0 bridgehead atoms. The fourth-order valence-electron chi connectivity index (χ4n) is 1.70. The number of primary amides is 1. The van der Waals surface area contributed by atoms with Gasteiger partial charge in [-0.1, -0.05) is 0 Å². The summed E-state index contributed by atoms with van der Waals surface area (Å²) in [5.74, 6) is -0.549. The Balaban J connectivity index is 2.85. The second-order valence-electron chi connectivity index (χ2n) is 4.38. The first kappa shape index (κ1) is 14.8. The number of amides is 2. The van der Waals surface area contributed by atoms with Crippen LogP contribution in [-0.2, 0) is 4.79 Å². The zero-order chi connectivity index (χ0) is 14.4. The van der Waals surface area contributed by atoms with E-state index in [1.165, 1.54) is 0 Å². The van der Waals surface area contributed by atoms with Crippen molar-refractivity contribution in [2.24, 2.45) is 5.73 Å². The van der Waals surface area contributed by atoms with Gasteiger partial charge in [-0.25, -0.2) is 0 Å². The van der Waals surface area contributed by atoms with Gasteiger partial charge in [0.2, 0.25) is 5.91 Å². The van der Waals surface area contributed by atoms with E-state index in [-0.39, 0.29) is 18.4 Å². The third-order valence-electron chi connectivity index (χ3n) is 2.56. The third kappa shape index (κ3) is 4.50. The molecular formula is C13H20N4O2. The summed E-state index contributed by atoms with van der Waals surface area (Å²) >= 11 is 0. The predicted octanol–water partition coefficient (Wildman–Crippen LogP) is 0.694. The fourth-order valence-corrected chi connectivity index (χ4v) is 1.70. The maximum atomic E-state index is 11.7. The van der Waals surface area contributed by atoms with E-state index in [4.69, 9.17) is 11.5 Å². The second kappa shape index (κ2) is 6.63. The molecule has 104 valence electrons. The van der Waals surface area contributed by atoms with E-state index >= 15 is 0 Å². The number of benzene rings is 1. The Hall–Kier alpha value is -2.24. The monoisotopic (exact) mass is 264 g/mol. The minimum absolute atomic E-state index is 0.149. The van der Waals surface area contributed by atoms with E-state index < -0.39 is 5.91 Å². The van der Waals surface area contributed by atoms with Crippen molar-refractivity contribution in [2.45, 2.75) is 26.3 Å². The van der Waals surface area contributed by atoms with Crippen LogP contribution in [0.15, 0.2) is 18.2 Å². The molecule has 1 unspecified atom stereocenters. The lowest BCUT2D eigenvalue weighted by Gasteiger charge is -2.16. The van der Waals surface area contributed by atoms with Gasteiger partial charge >= 0.3 is 0 Å². The van der Waals surface area contributed by atoms with Gasteiger partial charge in [0.15, 0.2) is 0 Å². The first-order valence-electron chi connectivity index (χ1n) is 6.16. The van der Waals surface area contributed by atoms with Crippen molar-refractivity contribution in [1.82, 2.24) is 5.32 Å². The number of carbonyl (C=O) groups is 2. The van der Waals surface area contributed by atoms with Crippen molar-refractivity contribution >= 4 is 23.2 Å². The van der Waals surface area contributed by atoms with Crippen LogP contribution >= 0.6 is 0 Å². The number of anilines is 2. The average Bonchev–Trinajstić information content (AvgIpc) is 2.31. The Kier molecular flexibility index (Phi) is 5.17. The SMILES string of the molecule is CCNC(=O)c1ccc(N)c(NC(C)CC(N)=O)c1. The van der Waals surface area contributed by atoms with E-state index in [0.717, 1.165) is 0 Å². The van der Waals surface area contributed by atoms with E-state index in [1.54, 1.807) is 18.2 Å². The molecule has 19 heavy (non-hydrogen) atoms. The number of carbonyl (C=O) groups excluding carboxylic acids is 2. The average molecular weight is 264 g/mol. The molecule has 0 saturated carbocycles. The first-order chi connectivity index (χ1) is 8.93. The van der Waals surface area contributed by atoms with Crippen LogP contribution in [0.4, 0.5) is 11.4 Å². The van der Waals surface area contributed by atoms with Crippen LogP contribution in [0.2, 0.25) is 0 Å². The normalized spacial score (nSPS) is 11.7. The molecule has 1 aromatic rings. The Morgan fingerprint density at radius 3 is 2.63 bits per heavy atom. The molecule has 0 aliphatic rings. The molecule has 0 aromatic heterocycles. The van der Waals surface area contributed by atoms with Crippen molar-refractivity contribution in [2.75, 3.05) is 17.6 Å². The summed E-state index contributed by atoms with van der Waals surface area (Å²) in [6.45, 7) is 4.23. The minimum Gasteiger partial charge on any atom is -0.397 e. The van der Waals surface area contributed by atoms with Crippen LogP contribution in [0.3, 0.4) is 0 Å². The lowest BCUT2D eigenvalue weighted by Crippen LogP contribution is -2.25. The highest BCUT2D eigenvalue weighted by Crippen LogP contribution is 2.21. The van der Waals surface area contributed by atoms with Crippen molar-refractivity contribution < 1.29 is 9.59 Å². The van der Waals surface area contributed by atoms with Gasteiger partial charge in [0.25, 0.3) is 5.91 Å². The first-order valence-corrected chi connectivity index (χ1v) is 6.16. The summed E-state index contributed by atoms with van der Waals surface area (Å²) < 4.78 is 0. The molecule has 1 rings (SSSR count). The topological polar surface area (TPSA) is 110 Å². The lowest BCUT2D eigenvalue weighted by molar-refractivity contribution is -0.118. The van der Waals surface area contributed by atoms with Crippen molar-refractivity contribution in [3.8, 4) is 0 Å². The summed E-state index contributed by atoms with van der Waals surface area (Å²) in [7, 11) is 0. The van der Waals surface area contributed by atoms with E-state index in [0.29, 0.717) is 23.5 Å². The van der Waals surface area contributed by atoms with Crippen molar-refractivity contribution in [3.05, 3.63) is 23.8 Å². The van der Waals surface area contributed by atoms with Gasteiger partial charge in [0, 0.05) is 24.6 Å². The Labute approximate surface area is 112 Å². The van der Waals surface area contributed by atoms with Gasteiger partial charge in [-0.05, 0) is 32.0 Å². The largest absolute Gasteiger partial charge is 0.397 e. The maximum absolute atomic E-state index is 11.7. The van der Waals surface area contributed by atoms with Crippen LogP contribution in [0, 0.1) is 0 Å². The molecular weight excluding hydrogens is 244 g/mol. The van der Waals surface area contributed by atoms with Crippen LogP contribution in [0.1, 0.15) is 30.6 Å². The summed E-state index contributed by atoms with van der Waals surface area (Å²) in [5, 5.41) is 5.79. The molecule has 6 nitrogen and oxygen atoms in total. The summed E-state index contributed by atoms with van der Waals surface area (Å²) in [4.78, 5) is 22.5. The van der Waals surface area contributed by atoms with E-state index in [2.05, 4.69) is 10.6 Å². The van der Waals surface area contributed by atoms with E-state index in [1.807, 2.05) is 13.8 Å². The standard InChI is InChI=1S/C13H20N4O2/c1-3-16-13(19)9-4-5-10(14)11(7-9)17-8(2)6-12(15)18/h4-5,7-8,17H,3,6,14H2,1-2H3,(H2,15,18)(H,16,19). The number of hydrogen-bond acceptors (Lipinski definition) is 4. The molecule has 0 spiro atoms. The molecule has 6 heteroatoms. The van der Waals surface area contributed by atoms with Crippen molar-refractivity contribution in [1.29, 1.82) is 0 Å². The predicted molar refractivity (Wildman–Crippen MR) is 75.8 cm³/mol. The minimum atomic E-state index is -0.390. The smallest absolute Gasteiger partial charge is 0.251 e. The second-order valence-corrected chi connectivity index (χ2v) is 4.38. The Morgan fingerprint density at radius 2 is 2.05 bits per heavy atom. The highest BCUT2D eigenvalue weighted by molar-refractivity contribution is 5.96. The quantitative estimate of drug-likeness (QED) is 0.567. The molecule has 0 radical (unpaired) electrons. The lowest BCUT2D eigenvalue weighted by atomic mass is 10.1. The highest BCUT2D eigenvalue weighted by Gasteiger charge is 2.11. The number of nitrogens with two attached hydrogens (primary N) is 2. The summed E-state index contributed by atoms with van der Waals surface area (Å²) in [6.07, 6.45) is 0.199. The summed E-state index contributed by atoms with van der Waals surface area (Å²) in [6, 6.07) is 4.83. The van der Waals surface area contributed by atoms with Gasteiger partial charge in [-0.15, -0.1) is 0 Å². The molecule has 2 amide bonds. The molecule has 1 aromatic carbocycles. The summed E-state index contributed by atoms with van der Waals surface area (Å²) in [5.41, 5.74) is 12.6. The van der Waals surface area contributed by atoms with E-state index in [9.17, 15) is 9.59 Å². The number of rotatable bonds is 6.